The molecule has 142 valence electrons. The van der Waals surface area contributed by atoms with Gasteiger partial charge in [0.2, 0.25) is 0 Å². The standard InChI is InChI=1S/C21H26N4O2/c1-4-23(5-2)10-11-24-13-18-20-16(12-17(22-18)21(26)27-3)15-8-6-7-9-19(15)25(20)14-24/h6-9,12H,4-5,10-11,13-14H2,1-3H3. The van der Waals surface area contributed by atoms with E-state index in [1.54, 1.807) is 0 Å². The summed E-state index contributed by atoms with van der Waals surface area (Å²) < 4.78 is 7.26. The Balaban J connectivity index is 1.79. The fraction of sp³-hybridized carbons (Fsp3) is 0.429. The second-order valence-corrected chi connectivity index (χ2v) is 7.01. The number of benzene rings is 1. The van der Waals surface area contributed by atoms with Crippen LogP contribution in [0.3, 0.4) is 0 Å². The number of hydrogen-bond donors (Lipinski definition) is 0. The number of esters is 1. The third kappa shape index (κ3) is 3.09. The van der Waals surface area contributed by atoms with Crippen LogP contribution in [-0.2, 0) is 18.0 Å². The van der Waals surface area contributed by atoms with Crippen LogP contribution in [0.25, 0.3) is 21.8 Å². The first kappa shape index (κ1) is 17.9. The molecule has 0 saturated heterocycles. The predicted molar refractivity (Wildman–Crippen MR) is 107 cm³/mol. The Morgan fingerprint density at radius 2 is 2.00 bits per heavy atom. The fourth-order valence-corrected chi connectivity index (χ4v) is 4.06. The largest absolute Gasteiger partial charge is 0.464 e. The Morgan fingerprint density at radius 3 is 2.74 bits per heavy atom. The average Bonchev–Trinajstić information content (AvgIpc) is 3.03. The summed E-state index contributed by atoms with van der Waals surface area (Å²) in [6, 6.07) is 10.2. The summed E-state index contributed by atoms with van der Waals surface area (Å²) in [5.74, 6) is -0.384. The van der Waals surface area contributed by atoms with Crippen molar-refractivity contribution in [3.05, 3.63) is 41.7 Å². The van der Waals surface area contributed by atoms with Gasteiger partial charge in [0.1, 0.15) is 5.69 Å². The molecule has 3 heterocycles. The molecule has 0 spiro atoms. The van der Waals surface area contributed by atoms with Gasteiger partial charge in [-0.15, -0.1) is 0 Å². The molecule has 0 bridgehead atoms. The van der Waals surface area contributed by atoms with E-state index in [2.05, 4.69) is 51.4 Å². The summed E-state index contributed by atoms with van der Waals surface area (Å²) in [4.78, 5) is 21.6. The molecule has 1 aliphatic heterocycles. The summed E-state index contributed by atoms with van der Waals surface area (Å²) in [6.07, 6.45) is 0. The molecule has 3 aromatic rings. The Hall–Kier alpha value is -2.44. The van der Waals surface area contributed by atoms with Crippen LogP contribution in [0, 0.1) is 0 Å². The predicted octanol–water partition coefficient (Wildman–Crippen LogP) is 3.09. The number of hydrogen-bond acceptors (Lipinski definition) is 5. The zero-order valence-corrected chi connectivity index (χ0v) is 16.2. The Labute approximate surface area is 159 Å². The molecule has 0 atom stereocenters. The van der Waals surface area contributed by atoms with Gasteiger partial charge in [-0.3, -0.25) is 4.90 Å². The SMILES string of the molecule is CCN(CC)CCN1Cc2nc(C(=O)OC)cc3c4ccccc4n(c23)C1. The summed E-state index contributed by atoms with van der Waals surface area (Å²) >= 11 is 0. The first-order chi connectivity index (χ1) is 13.2. The monoisotopic (exact) mass is 366 g/mol. The van der Waals surface area contributed by atoms with Gasteiger partial charge in [0.25, 0.3) is 0 Å². The molecule has 0 N–H and O–H groups in total. The molecule has 2 aromatic heterocycles. The van der Waals surface area contributed by atoms with Crippen molar-refractivity contribution in [1.82, 2.24) is 19.4 Å². The number of carbonyl (C=O) groups is 1. The van der Waals surface area contributed by atoms with Crippen LogP contribution >= 0.6 is 0 Å². The highest BCUT2D eigenvalue weighted by atomic mass is 16.5. The van der Waals surface area contributed by atoms with Crippen molar-refractivity contribution in [3.63, 3.8) is 0 Å². The molecule has 1 aromatic carbocycles. The summed E-state index contributed by atoms with van der Waals surface area (Å²) in [5, 5.41) is 2.24. The molecule has 0 amide bonds. The summed E-state index contributed by atoms with van der Waals surface area (Å²) in [7, 11) is 1.40. The molecule has 6 nitrogen and oxygen atoms in total. The Kier molecular flexibility index (Phi) is 4.85. The number of fused-ring (bicyclic) bond motifs is 3. The van der Waals surface area contributed by atoms with E-state index in [0.29, 0.717) is 5.69 Å². The third-order valence-corrected chi connectivity index (χ3v) is 5.56. The van der Waals surface area contributed by atoms with Gasteiger partial charge < -0.3 is 14.2 Å². The van der Waals surface area contributed by atoms with E-state index in [4.69, 9.17) is 4.74 Å². The quantitative estimate of drug-likeness (QED) is 0.628. The topological polar surface area (TPSA) is 50.6 Å². The Bertz CT molecular complexity index is 991. The number of nitrogens with zero attached hydrogens (tertiary/aromatic N) is 4. The summed E-state index contributed by atoms with van der Waals surface area (Å²) in [5.41, 5.74) is 3.66. The second-order valence-electron chi connectivity index (χ2n) is 7.01. The maximum atomic E-state index is 12.1. The van der Waals surface area contributed by atoms with Crippen LogP contribution in [0.4, 0.5) is 0 Å². The van der Waals surface area contributed by atoms with Gasteiger partial charge in [0.05, 0.1) is 30.5 Å². The zero-order valence-electron chi connectivity index (χ0n) is 16.2. The van der Waals surface area contributed by atoms with Gasteiger partial charge in [-0.05, 0) is 25.2 Å². The molecular formula is C21H26N4O2. The lowest BCUT2D eigenvalue weighted by Crippen LogP contribution is -2.38. The van der Waals surface area contributed by atoms with Crippen LogP contribution in [0.1, 0.15) is 30.0 Å². The minimum atomic E-state index is -0.384. The van der Waals surface area contributed by atoms with E-state index < -0.39 is 0 Å². The van der Waals surface area contributed by atoms with Crippen LogP contribution in [0.2, 0.25) is 0 Å². The lowest BCUT2D eigenvalue weighted by molar-refractivity contribution is 0.0593. The second kappa shape index (κ2) is 7.29. The molecule has 0 radical (unpaired) electrons. The van der Waals surface area contributed by atoms with Gasteiger partial charge >= 0.3 is 5.97 Å². The maximum Gasteiger partial charge on any atom is 0.356 e. The molecular weight excluding hydrogens is 340 g/mol. The number of para-hydroxylation sites is 1. The number of rotatable bonds is 6. The number of likely N-dealkylation sites (N-methyl/N-ethyl adjacent to an activating group) is 1. The molecule has 0 unspecified atom stereocenters. The highest BCUT2D eigenvalue weighted by molar-refractivity contribution is 6.10. The van der Waals surface area contributed by atoms with E-state index in [1.165, 1.54) is 12.6 Å². The fourth-order valence-electron chi connectivity index (χ4n) is 4.06. The van der Waals surface area contributed by atoms with Gasteiger partial charge in [-0.2, -0.15) is 0 Å². The van der Waals surface area contributed by atoms with Crippen molar-refractivity contribution in [1.29, 1.82) is 0 Å². The van der Waals surface area contributed by atoms with E-state index in [1.807, 2.05) is 12.1 Å². The van der Waals surface area contributed by atoms with E-state index in [0.717, 1.165) is 61.4 Å². The summed E-state index contributed by atoms with van der Waals surface area (Å²) in [6.45, 7) is 10.1. The van der Waals surface area contributed by atoms with E-state index in [9.17, 15) is 4.79 Å². The van der Waals surface area contributed by atoms with Crippen molar-refractivity contribution in [2.75, 3.05) is 33.3 Å². The van der Waals surface area contributed by atoms with Crippen molar-refractivity contribution in [3.8, 4) is 0 Å². The van der Waals surface area contributed by atoms with Crippen molar-refractivity contribution in [2.45, 2.75) is 27.1 Å². The first-order valence-electron chi connectivity index (χ1n) is 9.60. The highest BCUT2D eigenvalue weighted by Gasteiger charge is 2.25. The molecule has 4 rings (SSSR count). The van der Waals surface area contributed by atoms with E-state index in [-0.39, 0.29) is 5.97 Å². The van der Waals surface area contributed by atoms with Crippen LogP contribution in [-0.4, -0.2) is 58.6 Å². The normalized spacial score (nSPS) is 14.4. The van der Waals surface area contributed by atoms with E-state index >= 15 is 0 Å². The van der Waals surface area contributed by atoms with Gasteiger partial charge in [0, 0.05) is 30.4 Å². The van der Waals surface area contributed by atoms with Gasteiger partial charge in [-0.1, -0.05) is 32.0 Å². The first-order valence-corrected chi connectivity index (χ1v) is 9.60. The Morgan fingerprint density at radius 1 is 1.22 bits per heavy atom. The lowest BCUT2D eigenvalue weighted by Gasteiger charge is -2.30. The van der Waals surface area contributed by atoms with Crippen LogP contribution in [0.15, 0.2) is 30.3 Å². The van der Waals surface area contributed by atoms with Gasteiger partial charge in [-0.25, -0.2) is 9.78 Å². The maximum absolute atomic E-state index is 12.1. The van der Waals surface area contributed by atoms with Crippen molar-refractivity contribution >= 4 is 27.8 Å². The molecule has 0 aliphatic carbocycles. The van der Waals surface area contributed by atoms with Crippen LogP contribution in [0.5, 0.6) is 0 Å². The average molecular weight is 366 g/mol. The number of aromatic nitrogens is 2. The third-order valence-electron chi connectivity index (χ3n) is 5.56. The van der Waals surface area contributed by atoms with Crippen molar-refractivity contribution in [2.24, 2.45) is 0 Å². The zero-order chi connectivity index (χ0) is 19.0. The molecule has 1 aliphatic rings. The molecule has 27 heavy (non-hydrogen) atoms. The minimum Gasteiger partial charge on any atom is -0.464 e. The molecule has 0 saturated carbocycles. The number of pyridine rings is 1. The van der Waals surface area contributed by atoms with Gasteiger partial charge in [0.15, 0.2) is 0 Å². The van der Waals surface area contributed by atoms with Crippen LogP contribution < -0.4 is 0 Å². The smallest absolute Gasteiger partial charge is 0.356 e. The number of methoxy groups -OCH3 is 1. The number of carbonyl (C=O) groups excluding carboxylic acids is 1. The molecule has 6 heteroatoms. The molecule has 0 fully saturated rings. The van der Waals surface area contributed by atoms with Crippen molar-refractivity contribution < 1.29 is 9.53 Å². The lowest BCUT2D eigenvalue weighted by atomic mass is 10.1. The highest BCUT2D eigenvalue weighted by Crippen LogP contribution is 2.34. The number of ether oxygens (including phenoxy) is 1. The minimum absolute atomic E-state index is 0.383.